The third kappa shape index (κ3) is 1.99. The molecule has 2 aromatic heterocycles. The topological polar surface area (TPSA) is 55.6 Å². The maximum Gasteiger partial charge on any atom is 0.358 e. The molecule has 1 saturated heterocycles. The van der Waals surface area contributed by atoms with E-state index in [1.807, 2.05) is 10.5 Å². The van der Waals surface area contributed by atoms with Gasteiger partial charge in [-0.15, -0.1) is 0 Å². The van der Waals surface area contributed by atoms with Gasteiger partial charge in [-0.1, -0.05) is 17.7 Å². The summed E-state index contributed by atoms with van der Waals surface area (Å²) in [5.41, 5.74) is 0.997. The number of nitrogens with zero attached hydrogens (tertiary/aromatic N) is 2. The van der Waals surface area contributed by atoms with E-state index in [9.17, 15) is 4.79 Å². The molecule has 100 valence electrons. The number of nitrogens with one attached hydrogen (secondary N) is 1. The highest BCUT2D eigenvalue weighted by atomic mass is 35.5. The number of hydrogen-bond acceptors (Lipinski definition) is 4. The molecule has 1 aliphatic rings. The predicted molar refractivity (Wildman–Crippen MR) is 71.5 cm³/mol. The smallest absolute Gasteiger partial charge is 0.358 e. The zero-order valence-corrected chi connectivity index (χ0v) is 11.3. The Balaban J connectivity index is 2.23. The second-order valence-corrected chi connectivity index (χ2v) is 4.92. The van der Waals surface area contributed by atoms with Crippen molar-refractivity contribution in [2.45, 2.75) is 18.9 Å². The summed E-state index contributed by atoms with van der Waals surface area (Å²) in [6.45, 7) is 0.956. The Morgan fingerprint density at radius 2 is 2.42 bits per heavy atom. The van der Waals surface area contributed by atoms with E-state index in [1.54, 1.807) is 12.1 Å². The molecule has 1 fully saturated rings. The summed E-state index contributed by atoms with van der Waals surface area (Å²) in [5, 5.41) is 3.91. The highest BCUT2D eigenvalue weighted by Gasteiger charge is 2.26. The molecule has 2 aromatic rings. The Labute approximate surface area is 115 Å². The van der Waals surface area contributed by atoms with Crippen molar-refractivity contribution in [3.05, 3.63) is 34.9 Å². The molecule has 5 nitrogen and oxygen atoms in total. The molecule has 0 saturated carbocycles. The largest absolute Gasteiger partial charge is 0.464 e. The van der Waals surface area contributed by atoms with Gasteiger partial charge in [0.05, 0.1) is 18.7 Å². The van der Waals surface area contributed by atoms with Crippen molar-refractivity contribution < 1.29 is 9.53 Å². The molecule has 3 rings (SSSR count). The molecule has 0 radical (unpaired) electrons. The van der Waals surface area contributed by atoms with Gasteiger partial charge < -0.3 is 10.1 Å². The molecule has 1 unspecified atom stereocenters. The Hall–Kier alpha value is -1.59. The summed E-state index contributed by atoms with van der Waals surface area (Å²) < 4.78 is 6.60. The van der Waals surface area contributed by atoms with Crippen molar-refractivity contribution in [3.63, 3.8) is 0 Å². The summed E-state index contributed by atoms with van der Waals surface area (Å²) >= 11 is 6.24. The number of carbonyl (C=O) groups excluding carboxylic acids is 1. The van der Waals surface area contributed by atoms with Crippen molar-refractivity contribution in [1.82, 2.24) is 14.7 Å². The summed E-state index contributed by atoms with van der Waals surface area (Å²) in [6.07, 6.45) is 2.09. The number of ether oxygens (including phenoxy) is 1. The van der Waals surface area contributed by atoms with Crippen LogP contribution >= 0.6 is 11.6 Å². The van der Waals surface area contributed by atoms with Crippen LogP contribution in [0.3, 0.4) is 0 Å². The molecule has 1 aliphatic heterocycles. The Morgan fingerprint density at radius 1 is 1.58 bits per heavy atom. The maximum absolute atomic E-state index is 11.8. The molecule has 6 heteroatoms. The van der Waals surface area contributed by atoms with Crippen LogP contribution in [-0.4, -0.2) is 29.0 Å². The number of pyridine rings is 1. The second kappa shape index (κ2) is 4.83. The fourth-order valence-corrected chi connectivity index (χ4v) is 2.76. The molecule has 0 bridgehead atoms. The SMILES string of the molecule is COC(=O)c1nc(C2CCCN2)n2c(Cl)cccc12. The normalized spacial score (nSPS) is 18.9. The Bertz CT molecular complexity index is 632. The third-order valence-electron chi connectivity index (χ3n) is 3.39. The first-order valence-electron chi connectivity index (χ1n) is 6.21. The maximum atomic E-state index is 11.8. The summed E-state index contributed by atoms with van der Waals surface area (Å²) in [4.78, 5) is 16.2. The van der Waals surface area contributed by atoms with Gasteiger partial charge in [0.15, 0.2) is 5.69 Å². The zero-order valence-electron chi connectivity index (χ0n) is 10.5. The molecule has 3 heterocycles. The van der Waals surface area contributed by atoms with Crippen molar-refractivity contribution in [1.29, 1.82) is 0 Å². The van der Waals surface area contributed by atoms with E-state index in [0.29, 0.717) is 16.4 Å². The lowest BCUT2D eigenvalue weighted by molar-refractivity contribution is 0.0596. The molecule has 1 atom stereocenters. The van der Waals surface area contributed by atoms with Gasteiger partial charge in [-0.2, -0.15) is 0 Å². The second-order valence-electron chi connectivity index (χ2n) is 4.53. The Morgan fingerprint density at radius 3 is 3.11 bits per heavy atom. The quantitative estimate of drug-likeness (QED) is 0.676. The molecule has 1 N–H and O–H groups in total. The van der Waals surface area contributed by atoms with Crippen LogP contribution in [0.15, 0.2) is 18.2 Å². The van der Waals surface area contributed by atoms with Crippen molar-refractivity contribution in [3.8, 4) is 0 Å². The first-order chi connectivity index (χ1) is 9.22. The fourth-order valence-electron chi connectivity index (χ4n) is 2.51. The minimum absolute atomic E-state index is 0.130. The van der Waals surface area contributed by atoms with Gasteiger partial charge in [-0.25, -0.2) is 9.78 Å². The number of halogens is 1. The van der Waals surface area contributed by atoms with Crippen LogP contribution in [0.2, 0.25) is 5.15 Å². The van der Waals surface area contributed by atoms with E-state index in [4.69, 9.17) is 16.3 Å². The third-order valence-corrected chi connectivity index (χ3v) is 3.69. The van der Waals surface area contributed by atoms with Crippen molar-refractivity contribution >= 4 is 23.1 Å². The molecule has 0 spiro atoms. The van der Waals surface area contributed by atoms with Crippen molar-refractivity contribution in [2.75, 3.05) is 13.7 Å². The van der Waals surface area contributed by atoms with E-state index in [0.717, 1.165) is 25.2 Å². The summed E-state index contributed by atoms with van der Waals surface area (Å²) in [7, 11) is 1.35. The average molecular weight is 280 g/mol. The minimum atomic E-state index is -0.441. The number of hydrogen-bond donors (Lipinski definition) is 1. The number of rotatable bonds is 2. The number of fused-ring (bicyclic) bond motifs is 1. The van der Waals surface area contributed by atoms with Crippen LogP contribution in [0, 0.1) is 0 Å². The van der Waals surface area contributed by atoms with E-state index in [-0.39, 0.29) is 6.04 Å². The number of carbonyl (C=O) groups is 1. The van der Waals surface area contributed by atoms with E-state index in [1.165, 1.54) is 7.11 Å². The van der Waals surface area contributed by atoms with Crippen molar-refractivity contribution in [2.24, 2.45) is 0 Å². The standard InChI is InChI=1S/C13H14ClN3O2/c1-19-13(18)11-9-5-2-6-10(14)17(9)12(16-11)8-4-3-7-15-8/h2,5-6,8,15H,3-4,7H2,1H3. The van der Waals surface area contributed by atoms with Crippen LogP contribution in [0.25, 0.3) is 5.52 Å². The molecule has 0 aliphatic carbocycles. The van der Waals surface area contributed by atoms with E-state index < -0.39 is 5.97 Å². The minimum Gasteiger partial charge on any atom is -0.464 e. The van der Waals surface area contributed by atoms with Gasteiger partial charge in [-0.05, 0) is 31.5 Å². The zero-order chi connectivity index (χ0) is 13.4. The lowest BCUT2D eigenvalue weighted by atomic mass is 10.2. The fraction of sp³-hybridized carbons (Fsp3) is 0.385. The van der Waals surface area contributed by atoms with Crippen LogP contribution in [0.4, 0.5) is 0 Å². The highest BCUT2D eigenvalue weighted by molar-refractivity contribution is 6.30. The first-order valence-corrected chi connectivity index (χ1v) is 6.58. The van der Waals surface area contributed by atoms with Gasteiger partial charge in [0, 0.05) is 0 Å². The molecule has 0 amide bonds. The van der Waals surface area contributed by atoms with E-state index >= 15 is 0 Å². The van der Waals surface area contributed by atoms with Crippen LogP contribution in [-0.2, 0) is 4.74 Å². The molecule has 19 heavy (non-hydrogen) atoms. The van der Waals surface area contributed by atoms with Crippen LogP contribution in [0.1, 0.15) is 35.2 Å². The average Bonchev–Trinajstić information content (AvgIpc) is 3.05. The summed E-state index contributed by atoms with van der Waals surface area (Å²) in [6, 6.07) is 5.54. The number of methoxy groups -OCH3 is 1. The molecule has 0 aromatic carbocycles. The van der Waals surface area contributed by atoms with Crippen LogP contribution in [0.5, 0.6) is 0 Å². The van der Waals surface area contributed by atoms with Gasteiger partial charge in [0.25, 0.3) is 0 Å². The van der Waals surface area contributed by atoms with Crippen LogP contribution < -0.4 is 5.32 Å². The predicted octanol–water partition coefficient (Wildman–Crippen LogP) is 2.20. The first kappa shape index (κ1) is 12.4. The lowest BCUT2D eigenvalue weighted by Crippen LogP contribution is -2.16. The molecular weight excluding hydrogens is 266 g/mol. The van der Waals surface area contributed by atoms with Gasteiger partial charge in [-0.3, -0.25) is 4.40 Å². The molecular formula is C13H14ClN3O2. The van der Waals surface area contributed by atoms with Gasteiger partial charge >= 0.3 is 5.97 Å². The number of imidazole rings is 1. The van der Waals surface area contributed by atoms with Gasteiger partial charge in [0.2, 0.25) is 0 Å². The van der Waals surface area contributed by atoms with E-state index in [2.05, 4.69) is 10.3 Å². The Kier molecular flexibility index (Phi) is 3.16. The highest BCUT2D eigenvalue weighted by Crippen LogP contribution is 2.28. The number of esters is 1. The lowest BCUT2D eigenvalue weighted by Gasteiger charge is -2.09. The number of aromatic nitrogens is 2. The monoisotopic (exact) mass is 279 g/mol. The summed E-state index contributed by atoms with van der Waals surface area (Å²) in [5.74, 6) is 0.336. The van der Waals surface area contributed by atoms with Gasteiger partial charge in [0.1, 0.15) is 11.0 Å².